The quantitative estimate of drug-likeness (QED) is 0.105. The van der Waals surface area contributed by atoms with Crippen molar-refractivity contribution >= 4 is 17.8 Å². The number of carboxylic acid groups (broad SMARTS) is 1. The summed E-state index contributed by atoms with van der Waals surface area (Å²) in [5.74, 6) is 1.51. The van der Waals surface area contributed by atoms with Gasteiger partial charge in [-0.1, -0.05) is 118 Å². The van der Waals surface area contributed by atoms with E-state index in [-0.39, 0.29) is 53.0 Å². The van der Waals surface area contributed by atoms with Crippen molar-refractivity contribution in [1.29, 1.82) is 0 Å². The van der Waals surface area contributed by atoms with Gasteiger partial charge >= 0.3 is 11.9 Å². The number of hydrogen-bond acceptors (Lipinski definition) is 4. The highest BCUT2D eigenvalue weighted by Crippen LogP contribution is 2.59. The van der Waals surface area contributed by atoms with E-state index in [0.29, 0.717) is 36.6 Å². The van der Waals surface area contributed by atoms with Crippen molar-refractivity contribution in [1.82, 2.24) is 5.32 Å². The van der Waals surface area contributed by atoms with Crippen molar-refractivity contribution in [3.8, 4) is 0 Å². The number of nitrogens with one attached hydrogen (secondary N) is 1. The van der Waals surface area contributed by atoms with Gasteiger partial charge in [0.05, 0.1) is 6.42 Å². The summed E-state index contributed by atoms with van der Waals surface area (Å²) in [5.41, 5.74) is 2.33. The molecule has 0 saturated heterocycles. The fourth-order valence-corrected chi connectivity index (χ4v) is 11.4. The molecule has 0 aliphatic heterocycles. The van der Waals surface area contributed by atoms with Gasteiger partial charge in [-0.3, -0.25) is 14.4 Å². The number of aliphatic carboxylic acids is 1. The van der Waals surface area contributed by atoms with Crippen molar-refractivity contribution in [2.75, 3.05) is 6.54 Å². The number of carboxylic acids is 1. The minimum absolute atomic E-state index is 0.0493. The number of aryl methyl sites for hydroxylation is 1. The van der Waals surface area contributed by atoms with E-state index in [1.54, 1.807) is 6.08 Å². The lowest BCUT2D eigenvalue weighted by Crippen LogP contribution is -2.50. The predicted molar refractivity (Wildman–Crippen MR) is 234 cm³/mol. The van der Waals surface area contributed by atoms with E-state index in [1.807, 2.05) is 34.6 Å². The standard InChI is InChI=1S/C45H73NO5.C3H6.C2H6/c1-10-14-33-34-17-12-25-45(9,36(34)20-19-35(33)41(50)46-28-23-32-16-11-15-31(2)29-32)27-21-37-43(5,6)24-13-18-38(44(37,7)8)51-40(49)22-26-42(3,4)30-39(47)48;1-3-2;1-2/h11,15-16,29,33-38H,10,12-14,17-28,30H2,1-9H3,(H,46,50)(H,47,48);3H,1H2,2H3;1-2H3/t33?,34-,35+,36?,37?,38+,45+;;/m1../s1. The van der Waals surface area contributed by atoms with Crippen LogP contribution in [0.25, 0.3) is 0 Å². The number of rotatable bonds is 15. The molecule has 1 aromatic carbocycles. The van der Waals surface area contributed by atoms with E-state index >= 15 is 0 Å². The lowest BCUT2D eigenvalue weighted by Gasteiger charge is -2.55. The molecule has 0 aromatic heterocycles. The number of ether oxygens (including phenoxy) is 1. The van der Waals surface area contributed by atoms with Gasteiger partial charge in [0, 0.05) is 24.3 Å². The minimum Gasteiger partial charge on any atom is -0.481 e. The van der Waals surface area contributed by atoms with Gasteiger partial charge in [-0.05, 0) is 136 Å². The zero-order valence-electron chi connectivity index (χ0n) is 38.2. The van der Waals surface area contributed by atoms with E-state index < -0.39 is 11.4 Å². The highest BCUT2D eigenvalue weighted by atomic mass is 16.5. The molecule has 0 spiro atoms. The maximum atomic E-state index is 13.8. The van der Waals surface area contributed by atoms with Crippen LogP contribution in [0.4, 0.5) is 0 Å². The first-order chi connectivity index (χ1) is 26.3. The van der Waals surface area contributed by atoms with Gasteiger partial charge in [-0.15, -0.1) is 6.58 Å². The summed E-state index contributed by atoms with van der Waals surface area (Å²) >= 11 is 0. The zero-order chi connectivity index (χ0) is 42.3. The van der Waals surface area contributed by atoms with Crippen LogP contribution in [0.1, 0.15) is 184 Å². The van der Waals surface area contributed by atoms with Crippen LogP contribution in [0.15, 0.2) is 36.9 Å². The Balaban J connectivity index is 0.00000206. The van der Waals surface area contributed by atoms with E-state index in [4.69, 9.17) is 4.74 Å². The minimum atomic E-state index is -0.828. The Morgan fingerprint density at radius 2 is 1.66 bits per heavy atom. The predicted octanol–water partition coefficient (Wildman–Crippen LogP) is 12.9. The molecule has 7 atom stereocenters. The van der Waals surface area contributed by atoms with E-state index in [0.717, 1.165) is 57.8 Å². The Labute approximate surface area is 344 Å². The summed E-state index contributed by atoms with van der Waals surface area (Å²) in [6.45, 7) is 30.3. The van der Waals surface area contributed by atoms with E-state index in [9.17, 15) is 19.5 Å². The molecular weight excluding hydrogens is 695 g/mol. The largest absolute Gasteiger partial charge is 0.481 e. The fourth-order valence-electron chi connectivity index (χ4n) is 11.4. The molecule has 0 radical (unpaired) electrons. The molecule has 1 aromatic rings. The molecule has 0 bridgehead atoms. The molecule has 6 nitrogen and oxygen atoms in total. The number of amides is 1. The third kappa shape index (κ3) is 14.0. The van der Waals surface area contributed by atoms with Gasteiger partial charge in [0.15, 0.2) is 0 Å². The lowest BCUT2D eigenvalue weighted by molar-refractivity contribution is -0.161. The summed E-state index contributed by atoms with van der Waals surface area (Å²) in [6.07, 6.45) is 16.8. The van der Waals surface area contributed by atoms with Crippen LogP contribution in [0.3, 0.4) is 0 Å². The number of hydrogen-bond donors (Lipinski definition) is 2. The average molecular weight is 780 g/mol. The van der Waals surface area contributed by atoms with Gasteiger partial charge in [-0.25, -0.2) is 0 Å². The van der Waals surface area contributed by atoms with Gasteiger partial charge in [0.25, 0.3) is 0 Å². The molecule has 1 amide bonds. The van der Waals surface area contributed by atoms with Crippen LogP contribution >= 0.6 is 0 Å². The number of carbonyl (C=O) groups excluding carboxylic acids is 2. The van der Waals surface area contributed by atoms with Crippen molar-refractivity contribution < 1.29 is 24.2 Å². The lowest BCUT2D eigenvalue weighted by atomic mass is 9.50. The summed E-state index contributed by atoms with van der Waals surface area (Å²) in [5, 5.41) is 12.6. The first-order valence-corrected chi connectivity index (χ1v) is 22.6. The second kappa shape index (κ2) is 22.5. The number of fused-ring (bicyclic) bond motifs is 1. The van der Waals surface area contributed by atoms with Crippen molar-refractivity contribution in [2.45, 2.75) is 192 Å². The van der Waals surface area contributed by atoms with E-state index in [1.165, 1.54) is 36.8 Å². The first kappa shape index (κ1) is 49.5. The number of allylic oxidation sites excluding steroid dienone is 1. The summed E-state index contributed by atoms with van der Waals surface area (Å²) in [7, 11) is 0. The smallest absolute Gasteiger partial charge is 0.306 e. The van der Waals surface area contributed by atoms with Crippen LogP contribution in [0.5, 0.6) is 0 Å². The molecule has 3 saturated carbocycles. The van der Waals surface area contributed by atoms with Crippen molar-refractivity contribution in [3.05, 3.63) is 48.0 Å². The Kier molecular flexibility index (Phi) is 19.9. The monoisotopic (exact) mass is 780 g/mol. The van der Waals surface area contributed by atoms with Gasteiger partial charge in [-0.2, -0.15) is 0 Å². The van der Waals surface area contributed by atoms with Crippen molar-refractivity contribution in [3.63, 3.8) is 0 Å². The third-order valence-corrected chi connectivity index (χ3v) is 14.2. The molecule has 2 N–H and O–H groups in total. The molecule has 320 valence electrons. The number of benzene rings is 1. The molecule has 6 heteroatoms. The fraction of sp³-hybridized carbons (Fsp3) is 0.780. The molecular formula is C50H85NO5. The van der Waals surface area contributed by atoms with Crippen LogP contribution in [-0.4, -0.2) is 35.6 Å². The number of esters is 1. The summed E-state index contributed by atoms with van der Waals surface area (Å²) in [4.78, 5) is 38.3. The number of carbonyl (C=O) groups is 3. The Morgan fingerprint density at radius 3 is 2.29 bits per heavy atom. The van der Waals surface area contributed by atoms with E-state index in [2.05, 4.69) is 84.6 Å². The van der Waals surface area contributed by atoms with Gasteiger partial charge in [0.1, 0.15) is 6.10 Å². The Hall–Kier alpha value is -2.63. The van der Waals surface area contributed by atoms with Gasteiger partial charge < -0.3 is 15.2 Å². The molecule has 3 aliphatic carbocycles. The molecule has 3 aliphatic rings. The first-order valence-electron chi connectivity index (χ1n) is 22.6. The van der Waals surface area contributed by atoms with Crippen LogP contribution in [-0.2, 0) is 25.5 Å². The van der Waals surface area contributed by atoms with Crippen LogP contribution in [0.2, 0.25) is 0 Å². The molecule has 3 fully saturated rings. The Bertz CT molecular complexity index is 1380. The third-order valence-electron chi connectivity index (χ3n) is 14.2. The van der Waals surface area contributed by atoms with Crippen LogP contribution < -0.4 is 5.32 Å². The zero-order valence-corrected chi connectivity index (χ0v) is 38.2. The highest BCUT2D eigenvalue weighted by Gasteiger charge is 2.53. The average Bonchev–Trinajstić information content (AvgIpc) is 3.19. The topological polar surface area (TPSA) is 92.7 Å². The second-order valence-corrected chi connectivity index (χ2v) is 19.9. The maximum Gasteiger partial charge on any atom is 0.306 e. The SMILES string of the molecule is C=CC.CC.CCCC1[C@H]2CCC[C@@](C)(CCC3C(C)(C)CCC[C@H](OC(=O)CCC(C)(C)CC(=O)O)C3(C)C)C2CC[C@@H]1C(=O)NCCc1cccc(C)c1. The second-order valence-electron chi connectivity index (χ2n) is 19.9. The molecule has 56 heavy (non-hydrogen) atoms. The normalized spacial score (nSPS) is 28.1. The van der Waals surface area contributed by atoms with Gasteiger partial charge in [0.2, 0.25) is 5.91 Å². The molecule has 4 rings (SSSR count). The van der Waals surface area contributed by atoms with Crippen LogP contribution in [0, 0.1) is 58.2 Å². The molecule has 3 unspecified atom stereocenters. The summed E-state index contributed by atoms with van der Waals surface area (Å²) in [6, 6.07) is 8.60. The van der Waals surface area contributed by atoms with Crippen molar-refractivity contribution in [2.24, 2.45) is 51.2 Å². The maximum absolute atomic E-state index is 13.8. The summed E-state index contributed by atoms with van der Waals surface area (Å²) < 4.78 is 6.32. The highest BCUT2D eigenvalue weighted by molar-refractivity contribution is 5.79. The Morgan fingerprint density at radius 1 is 1.00 bits per heavy atom. The molecule has 0 heterocycles.